The van der Waals surface area contributed by atoms with Crippen molar-refractivity contribution in [2.75, 3.05) is 0 Å². The zero-order chi connectivity index (χ0) is 20.2. The molecule has 6 rings (SSSR count). The van der Waals surface area contributed by atoms with Crippen molar-refractivity contribution in [1.82, 2.24) is 0 Å². The van der Waals surface area contributed by atoms with Crippen LogP contribution in [0.4, 0.5) is 0 Å². The minimum atomic E-state index is 1.11. The maximum absolute atomic E-state index is 2.39. The molecule has 148 valence electrons. The summed E-state index contributed by atoms with van der Waals surface area (Å²) in [6, 6.07) is 23.1. The molecule has 2 aromatic carbocycles. The number of hydrogen-bond donors (Lipinski definition) is 0. The van der Waals surface area contributed by atoms with Gasteiger partial charge in [0.2, 0.25) is 0 Å². The number of aryl methyl sites for hydroxylation is 2. The average molecular weight is 461 g/mol. The van der Waals surface area contributed by atoms with E-state index in [4.69, 9.17) is 0 Å². The van der Waals surface area contributed by atoms with Crippen molar-refractivity contribution in [3.63, 3.8) is 0 Å². The van der Waals surface area contributed by atoms with E-state index in [-0.39, 0.29) is 0 Å². The molecule has 0 saturated heterocycles. The number of hydrogen-bond acceptors (Lipinski definition) is 4. The quantitative estimate of drug-likeness (QED) is 0.245. The third kappa shape index (κ3) is 2.97. The van der Waals surface area contributed by atoms with Crippen molar-refractivity contribution in [1.29, 1.82) is 0 Å². The predicted octanol–water partition coefficient (Wildman–Crippen LogP) is 9.85. The van der Waals surface area contributed by atoms with E-state index in [0.717, 1.165) is 12.8 Å². The molecule has 0 N–H and O–H groups in total. The molecule has 0 fully saturated rings. The first-order valence-electron chi connectivity index (χ1n) is 10.3. The van der Waals surface area contributed by atoms with Gasteiger partial charge in [0.25, 0.3) is 0 Å². The van der Waals surface area contributed by atoms with Gasteiger partial charge in [-0.3, -0.25) is 0 Å². The summed E-state index contributed by atoms with van der Waals surface area (Å²) in [7, 11) is 0. The molecule has 4 heterocycles. The first kappa shape index (κ1) is 18.8. The lowest BCUT2D eigenvalue weighted by Gasteiger charge is -1.99. The number of benzene rings is 2. The Morgan fingerprint density at radius 2 is 1.00 bits per heavy atom. The van der Waals surface area contributed by atoms with Gasteiger partial charge >= 0.3 is 0 Å². The Morgan fingerprint density at radius 3 is 1.40 bits per heavy atom. The molecule has 4 aromatic heterocycles. The van der Waals surface area contributed by atoms with E-state index in [1.807, 2.05) is 45.3 Å². The SMILES string of the molecule is CCc1ccc(-c2ccc3c(c2)sc2c4ccc(-c5ccc(CC)s5)cc4sc32)s1. The third-order valence-corrected chi connectivity index (χ3v) is 10.7. The monoisotopic (exact) mass is 460 g/mol. The zero-order valence-corrected chi connectivity index (χ0v) is 20.1. The van der Waals surface area contributed by atoms with E-state index < -0.39 is 0 Å². The Morgan fingerprint density at radius 1 is 0.533 bits per heavy atom. The van der Waals surface area contributed by atoms with Crippen LogP contribution in [-0.2, 0) is 12.8 Å². The second-order valence-electron chi connectivity index (χ2n) is 7.52. The van der Waals surface area contributed by atoms with Crippen LogP contribution in [0.1, 0.15) is 23.6 Å². The fourth-order valence-corrected chi connectivity index (χ4v) is 8.63. The molecule has 4 heteroatoms. The molecule has 0 aliphatic heterocycles. The molecule has 0 aliphatic rings. The standard InChI is InChI=1S/C26H20S4/c1-3-17-7-11-21(27-17)15-5-9-19-23(13-15)29-26-20-10-6-16(14-24(20)30-25(19)26)22-12-8-18(4-2)28-22/h5-14H,3-4H2,1-2H3. The van der Waals surface area contributed by atoms with Crippen LogP contribution in [-0.4, -0.2) is 0 Å². The first-order chi connectivity index (χ1) is 14.7. The summed E-state index contributed by atoms with van der Waals surface area (Å²) in [5.74, 6) is 0. The molecule has 0 aliphatic carbocycles. The smallest absolute Gasteiger partial charge is 0.0542 e. The molecule has 0 spiro atoms. The molecule has 0 radical (unpaired) electrons. The summed E-state index contributed by atoms with van der Waals surface area (Å²) in [4.78, 5) is 5.66. The average Bonchev–Trinajstić information content (AvgIpc) is 3.55. The summed E-state index contributed by atoms with van der Waals surface area (Å²) in [6.45, 7) is 4.45. The number of fused-ring (bicyclic) bond motifs is 5. The molecule has 0 saturated carbocycles. The molecule has 0 amide bonds. The summed E-state index contributed by atoms with van der Waals surface area (Å²) in [5, 5.41) is 2.80. The summed E-state index contributed by atoms with van der Waals surface area (Å²) >= 11 is 7.73. The minimum Gasteiger partial charge on any atom is -0.140 e. The van der Waals surface area contributed by atoms with Crippen molar-refractivity contribution < 1.29 is 0 Å². The Bertz CT molecular complexity index is 1400. The maximum atomic E-state index is 2.39. The van der Waals surface area contributed by atoms with Gasteiger partial charge in [0.15, 0.2) is 0 Å². The number of thiophene rings is 4. The van der Waals surface area contributed by atoms with E-state index in [9.17, 15) is 0 Å². The maximum Gasteiger partial charge on any atom is 0.0542 e. The molecule has 30 heavy (non-hydrogen) atoms. The largest absolute Gasteiger partial charge is 0.140 e. The van der Waals surface area contributed by atoms with Gasteiger partial charge in [-0.15, -0.1) is 45.3 Å². The molecular formula is C26H20S4. The van der Waals surface area contributed by atoms with E-state index in [0.29, 0.717) is 0 Å². The van der Waals surface area contributed by atoms with E-state index >= 15 is 0 Å². The van der Waals surface area contributed by atoms with Gasteiger partial charge in [0.1, 0.15) is 0 Å². The predicted molar refractivity (Wildman–Crippen MR) is 140 cm³/mol. The van der Waals surface area contributed by atoms with Crippen LogP contribution in [0.5, 0.6) is 0 Å². The highest BCUT2D eigenvalue weighted by Crippen LogP contribution is 2.46. The molecule has 0 nitrogen and oxygen atoms in total. The van der Waals surface area contributed by atoms with Gasteiger partial charge in [0, 0.05) is 39.7 Å². The fraction of sp³-hybridized carbons (Fsp3) is 0.154. The zero-order valence-electron chi connectivity index (χ0n) is 16.8. The summed E-state index contributed by atoms with van der Waals surface area (Å²) < 4.78 is 5.68. The van der Waals surface area contributed by atoms with Crippen LogP contribution in [0.25, 0.3) is 50.5 Å². The van der Waals surface area contributed by atoms with Crippen molar-refractivity contribution in [2.45, 2.75) is 26.7 Å². The van der Waals surface area contributed by atoms with Crippen molar-refractivity contribution >= 4 is 74.9 Å². The lowest BCUT2D eigenvalue weighted by Crippen LogP contribution is -1.71. The van der Waals surface area contributed by atoms with Gasteiger partial charge in [-0.1, -0.05) is 38.1 Å². The lowest BCUT2D eigenvalue weighted by atomic mass is 10.1. The van der Waals surface area contributed by atoms with Crippen LogP contribution in [0.2, 0.25) is 0 Å². The topological polar surface area (TPSA) is 0 Å². The summed E-state index contributed by atoms with van der Waals surface area (Å²) in [5.41, 5.74) is 2.69. The molecular weight excluding hydrogens is 441 g/mol. The lowest BCUT2D eigenvalue weighted by molar-refractivity contribution is 1.19. The second kappa shape index (κ2) is 7.31. The molecule has 0 atom stereocenters. The van der Waals surface area contributed by atoms with Gasteiger partial charge in [-0.2, -0.15) is 0 Å². The van der Waals surface area contributed by atoms with Crippen molar-refractivity contribution in [3.05, 3.63) is 70.4 Å². The first-order valence-corrected chi connectivity index (χ1v) is 13.6. The highest BCUT2D eigenvalue weighted by atomic mass is 32.1. The Kier molecular flexibility index (Phi) is 4.57. The van der Waals surface area contributed by atoms with Crippen molar-refractivity contribution in [2.24, 2.45) is 0 Å². The van der Waals surface area contributed by atoms with Gasteiger partial charge in [-0.25, -0.2) is 0 Å². The van der Waals surface area contributed by atoms with Crippen LogP contribution < -0.4 is 0 Å². The highest BCUT2D eigenvalue weighted by Gasteiger charge is 2.14. The van der Waals surface area contributed by atoms with E-state index in [2.05, 4.69) is 74.5 Å². The molecule has 6 aromatic rings. The van der Waals surface area contributed by atoms with Crippen molar-refractivity contribution in [3.8, 4) is 20.9 Å². The van der Waals surface area contributed by atoms with E-state index in [1.54, 1.807) is 0 Å². The summed E-state index contributed by atoms with van der Waals surface area (Å²) in [6.07, 6.45) is 2.22. The normalized spacial score (nSPS) is 11.9. The third-order valence-electron chi connectivity index (χ3n) is 5.67. The van der Waals surface area contributed by atoms with Crippen LogP contribution in [0.3, 0.4) is 0 Å². The van der Waals surface area contributed by atoms with Crippen LogP contribution >= 0.6 is 45.3 Å². The fourth-order valence-electron chi connectivity index (χ4n) is 4.01. The number of rotatable bonds is 4. The van der Waals surface area contributed by atoms with Gasteiger partial charge in [-0.05, 0) is 60.4 Å². The second-order valence-corrected chi connectivity index (χ2v) is 12.0. The van der Waals surface area contributed by atoms with Gasteiger partial charge < -0.3 is 0 Å². The van der Waals surface area contributed by atoms with E-state index in [1.165, 1.54) is 60.2 Å². The molecule has 0 bridgehead atoms. The van der Waals surface area contributed by atoms with Gasteiger partial charge in [0.05, 0.1) is 9.40 Å². The molecule has 0 unspecified atom stereocenters. The van der Waals surface area contributed by atoms with Crippen LogP contribution in [0, 0.1) is 0 Å². The minimum absolute atomic E-state index is 1.11. The Balaban J connectivity index is 1.47. The highest BCUT2D eigenvalue weighted by molar-refractivity contribution is 7.36. The van der Waals surface area contributed by atoms with Crippen LogP contribution in [0.15, 0.2) is 60.7 Å². The Hall–Kier alpha value is -1.98. The Labute approximate surface area is 192 Å².